The molecule has 0 aliphatic carbocycles. The Balaban J connectivity index is 3.45. The maximum Gasteiger partial charge on any atom is 0.342 e. The molecule has 5 N–H and O–H groups in total. The quantitative estimate of drug-likeness (QED) is 0.431. The van der Waals surface area contributed by atoms with Crippen LogP contribution in [0.15, 0.2) is 18.2 Å². The molecule has 1 aromatic carbocycles. The molecule has 21 heavy (non-hydrogen) atoms. The number of nitro groups is 1. The van der Waals surface area contributed by atoms with E-state index in [9.17, 15) is 24.5 Å². The van der Waals surface area contributed by atoms with Gasteiger partial charge in [0.15, 0.2) is 0 Å². The molecule has 0 atom stereocenters. The number of rotatable bonds is 7. The molecule has 0 aliphatic rings. The van der Waals surface area contributed by atoms with Crippen LogP contribution >= 0.6 is 0 Å². The van der Waals surface area contributed by atoms with E-state index in [0.29, 0.717) is 0 Å². The van der Waals surface area contributed by atoms with Crippen molar-refractivity contribution in [3.8, 4) is 0 Å². The molecular weight excluding hydrogens is 284 g/mol. The Bertz CT molecular complexity index is 599. The fraction of sp³-hybridized carbons (Fsp3) is 0.182. The van der Waals surface area contributed by atoms with E-state index in [1.54, 1.807) is 0 Å². The number of nitrogens with two attached hydrogens (primary N) is 2. The van der Waals surface area contributed by atoms with Crippen molar-refractivity contribution >= 4 is 29.2 Å². The second kappa shape index (κ2) is 6.32. The van der Waals surface area contributed by atoms with E-state index in [4.69, 9.17) is 16.6 Å². The first-order valence-electron chi connectivity index (χ1n) is 5.56. The molecule has 0 heterocycles. The van der Waals surface area contributed by atoms with Crippen molar-refractivity contribution in [2.75, 3.05) is 18.0 Å². The van der Waals surface area contributed by atoms with Crippen molar-refractivity contribution in [1.29, 1.82) is 0 Å². The van der Waals surface area contributed by atoms with Crippen LogP contribution in [-0.4, -0.2) is 40.9 Å². The summed E-state index contributed by atoms with van der Waals surface area (Å²) in [6.45, 7) is -1.04. The third-order valence-corrected chi connectivity index (χ3v) is 2.46. The van der Waals surface area contributed by atoms with Crippen LogP contribution < -0.4 is 16.4 Å². The van der Waals surface area contributed by atoms with E-state index >= 15 is 0 Å². The van der Waals surface area contributed by atoms with Crippen LogP contribution in [0.5, 0.6) is 0 Å². The van der Waals surface area contributed by atoms with Crippen LogP contribution in [0.25, 0.3) is 0 Å². The van der Waals surface area contributed by atoms with Gasteiger partial charge in [0, 0.05) is 0 Å². The summed E-state index contributed by atoms with van der Waals surface area (Å²) in [7, 11) is 0. The molecule has 0 radical (unpaired) electrons. The van der Waals surface area contributed by atoms with E-state index in [2.05, 4.69) is 0 Å². The Morgan fingerprint density at radius 2 is 1.71 bits per heavy atom. The highest BCUT2D eigenvalue weighted by Crippen LogP contribution is 2.31. The van der Waals surface area contributed by atoms with Crippen LogP contribution in [0.4, 0.5) is 11.4 Å². The summed E-state index contributed by atoms with van der Waals surface area (Å²) in [5.74, 6) is -3.22. The van der Waals surface area contributed by atoms with Gasteiger partial charge < -0.3 is 21.5 Å². The minimum Gasteiger partial charge on any atom is -0.477 e. The minimum absolute atomic E-state index is 0.225. The second-order valence-electron chi connectivity index (χ2n) is 4.02. The highest BCUT2D eigenvalue weighted by Gasteiger charge is 2.28. The van der Waals surface area contributed by atoms with Crippen LogP contribution in [0.3, 0.4) is 0 Å². The lowest BCUT2D eigenvalue weighted by molar-refractivity contribution is -0.384. The van der Waals surface area contributed by atoms with Gasteiger partial charge in [-0.2, -0.15) is 0 Å². The van der Waals surface area contributed by atoms with Crippen LogP contribution in [0, 0.1) is 10.1 Å². The van der Waals surface area contributed by atoms with Gasteiger partial charge in [0.25, 0.3) is 0 Å². The number of carboxylic acid groups (broad SMARTS) is 1. The van der Waals surface area contributed by atoms with Crippen molar-refractivity contribution < 1.29 is 24.4 Å². The van der Waals surface area contributed by atoms with Crippen molar-refractivity contribution in [2.45, 2.75) is 0 Å². The van der Waals surface area contributed by atoms with Crippen LogP contribution in [0.2, 0.25) is 0 Å². The number of hydrogen-bond acceptors (Lipinski definition) is 6. The predicted molar refractivity (Wildman–Crippen MR) is 70.7 cm³/mol. The monoisotopic (exact) mass is 296 g/mol. The van der Waals surface area contributed by atoms with E-state index in [0.717, 1.165) is 11.0 Å². The second-order valence-corrected chi connectivity index (χ2v) is 4.02. The molecule has 1 aromatic rings. The molecule has 0 bridgehead atoms. The van der Waals surface area contributed by atoms with Gasteiger partial charge in [-0.1, -0.05) is 6.07 Å². The van der Waals surface area contributed by atoms with Crippen molar-refractivity contribution in [1.82, 2.24) is 0 Å². The summed E-state index contributed by atoms with van der Waals surface area (Å²) in [6.07, 6.45) is 0. The van der Waals surface area contributed by atoms with E-state index in [1.165, 1.54) is 12.1 Å². The normalized spacial score (nSPS) is 9.90. The number of carboxylic acids is 1. The number of amides is 2. The largest absolute Gasteiger partial charge is 0.477 e. The zero-order valence-electron chi connectivity index (χ0n) is 10.7. The van der Waals surface area contributed by atoms with E-state index in [1.807, 2.05) is 0 Å². The van der Waals surface area contributed by atoms with E-state index < -0.39 is 47.0 Å². The molecule has 10 heteroatoms. The SMILES string of the molecule is NC(=O)CN(CC(N)=O)c1cccc(C(=O)O)c1[N+](=O)[O-]. The number of carbonyl (C=O) groups excluding carboxylic acids is 2. The molecule has 0 saturated carbocycles. The summed E-state index contributed by atoms with van der Waals surface area (Å²) in [6, 6.07) is 3.49. The molecule has 112 valence electrons. The summed E-state index contributed by atoms with van der Waals surface area (Å²) < 4.78 is 0. The van der Waals surface area contributed by atoms with E-state index in [-0.39, 0.29) is 5.69 Å². The smallest absolute Gasteiger partial charge is 0.342 e. The molecule has 0 aromatic heterocycles. The molecule has 1 rings (SSSR count). The standard InChI is InChI=1S/C11H12N4O6/c12-8(16)4-14(5-9(13)17)7-3-1-2-6(11(18)19)10(7)15(20)21/h1-3H,4-5H2,(H2,12,16)(H2,13,17)(H,18,19). The number of hydrogen-bond donors (Lipinski definition) is 3. The third kappa shape index (κ3) is 3.89. The number of aromatic carboxylic acids is 1. The summed E-state index contributed by atoms with van der Waals surface area (Å²) >= 11 is 0. The predicted octanol–water partition coefficient (Wildman–Crippen LogP) is -0.930. The van der Waals surface area contributed by atoms with Gasteiger partial charge in [-0.15, -0.1) is 0 Å². The zero-order valence-corrected chi connectivity index (χ0v) is 10.7. The Kier molecular flexibility index (Phi) is 4.78. The number of nitro benzene ring substituents is 1. The average molecular weight is 296 g/mol. The minimum atomic E-state index is -1.51. The lowest BCUT2D eigenvalue weighted by Gasteiger charge is -2.21. The first kappa shape index (κ1) is 15.9. The molecular formula is C11H12N4O6. The third-order valence-electron chi connectivity index (χ3n) is 2.46. The van der Waals surface area contributed by atoms with Gasteiger partial charge in [-0.05, 0) is 12.1 Å². The number of carbonyl (C=O) groups is 3. The zero-order chi connectivity index (χ0) is 16.2. The fourth-order valence-electron chi connectivity index (χ4n) is 1.75. The van der Waals surface area contributed by atoms with Crippen molar-refractivity contribution in [3.63, 3.8) is 0 Å². The molecule has 0 fully saturated rings. The van der Waals surface area contributed by atoms with Crippen molar-refractivity contribution in [2.24, 2.45) is 11.5 Å². The molecule has 0 spiro atoms. The number of nitrogens with zero attached hydrogens (tertiary/aromatic N) is 2. The van der Waals surface area contributed by atoms with Gasteiger partial charge >= 0.3 is 11.7 Å². The Labute approximate surface area is 118 Å². The number of anilines is 1. The summed E-state index contributed by atoms with van der Waals surface area (Å²) in [5, 5.41) is 20.1. The Morgan fingerprint density at radius 1 is 1.19 bits per heavy atom. The van der Waals surface area contributed by atoms with Gasteiger partial charge in [-0.25, -0.2) is 4.79 Å². The number of para-hydroxylation sites is 1. The maximum absolute atomic E-state index is 11.1. The summed E-state index contributed by atoms with van der Waals surface area (Å²) in [4.78, 5) is 44.2. The van der Waals surface area contributed by atoms with Gasteiger partial charge in [0.1, 0.15) is 11.3 Å². The number of benzene rings is 1. The Hall–Kier alpha value is -3.17. The number of primary amides is 2. The summed E-state index contributed by atoms with van der Waals surface area (Å²) in [5.41, 5.74) is 8.48. The molecule has 0 unspecified atom stereocenters. The van der Waals surface area contributed by atoms with Crippen LogP contribution in [-0.2, 0) is 9.59 Å². The van der Waals surface area contributed by atoms with Crippen molar-refractivity contribution in [3.05, 3.63) is 33.9 Å². The molecule has 0 aliphatic heterocycles. The first-order chi connectivity index (χ1) is 9.73. The Morgan fingerprint density at radius 3 is 2.10 bits per heavy atom. The molecule has 10 nitrogen and oxygen atoms in total. The first-order valence-corrected chi connectivity index (χ1v) is 5.56. The topological polar surface area (TPSA) is 170 Å². The lowest BCUT2D eigenvalue weighted by Crippen LogP contribution is -2.40. The van der Waals surface area contributed by atoms with Gasteiger partial charge in [-0.3, -0.25) is 19.7 Å². The lowest BCUT2D eigenvalue weighted by atomic mass is 10.1. The highest BCUT2D eigenvalue weighted by molar-refractivity contribution is 5.97. The highest BCUT2D eigenvalue weighted by atomic mass is 16.6. The maximum atomic E-state index is 11.1. The van der Waals surface area contributed by atoms with Gasteiger partial charge in [0.2, 0.25) is 11.8 Å². The average Bonchev–Trinajstić information content (AvgIpc) is 2.35. The fourth-order valence-corrected chi connectivity index (χ4v) is 1.75. The molecule has 0 saturated heterocycles. The van der Waals surface area contributed by atoms with Crippen LogP contribution in [0.1, 0.15) is 10.4 Å². The van der Waals surface area contributed by atoms with Gasteiger partial charge in [0.05, 0.1) is 18.0 Å². The molecule has 2 amide bonds.